The molecule has 1 aromatic rings. The van der Waals surface area contributed by atoms with Crippen molar-refractivity contribution < 1.29 is 4.79 Å². The molecule has 1 heterocycles. The summed E-state index contributed by atoms with van der Waals surface area (Å²) in [5.74, 6) is 0.743. The molecular formula is C7H8N2O. The topological polar surface area (TPSA) is 45.8 Å². The van der Waals surface area contributed by atoms with E-state index < -0.39 is 0 Å². The molecular weight excluding hydrogens is 128 g/mol. The third kappa shape index (κ3) is 1.31. The van der Waals surface area contributed by atoms with Gasteiger partial charge in [0.15, 0.2) is 0 Å². The minimum Gasteiger partial charge on any atom is -0.345 e. The molecule has 1 N–H and O–H groups in total. The number of H-pyrrole nitrogens is 1. The van der Waals surface area contributed by atoms with Gasteiger partial charge in [-0.25, -0.2) is 4.98 Å². The molecule has 52 valence electrons. The average Bonchev–Trinajstić information content (AvgIpc) is 2.38. The quantitative estimate of drug-likeness (QED) is 0.487. The maximum Gasteiger partial charge on any atom is 0.143 e. The Morgan fingerprint density at radius 1 is 1.80 bits per heavy atom. The van der Waals surface area contributed by atoms with Crippen LogP contribution in [0.5, 0.6) is 0 Å². The maximum atomic E-state index is 9.99. The van der Waals surface area contributed by atoms with Gasteiger partial charge in [0.25, 0.3) is 0 Å². The van der Waals surface area contributed by atoms with E-state index in [1.807, 2.05) is 6.92 Å². The fraction of sp³-hybridized carbons (Fsp3) is 0.143. The second kappa shape index (κ2) is 2.96. The van der Waals surface area contributed by atoms with Gasteiger partial charge in [-0.3, -0.25) is 4.79 Å². The van der Waals surface area contributed by atoms with Crippen molar-refractivity contribution in [1.82, 2.24) is 9.97 Å². The number of allylic oxidation sites excluding steroid dienone is 2. The van der Waals surface area contributed by atoms with Gasteiger partial charge in [0.2, 0.25) is 0 Å². The van der Waals surface area contributed by atoms with Crippen molar-refractivity contribution in [1.29, 1.82) is 0 Å². The first-order valence-electron chi connectivity index (χ1n) is 2.96. The summed E-state index contributed by atoms with van der Waals surface area (Å²) >= 11 is 0. The normalized spacial score (nSPS) is 11.5. The molecule has 0 fully saturated rings. The van der Waals surface area contributed by atoms with Crippen LogP contribution in [0.1, 0.15) is 12.7 Å². The summed E-state index contributed by atoms with van der Waals surface area (Å²) in [6, 6.07) is 0. The minimum atomic E-state index is 0.743. The van der Waals surface area contributed by atoms with Crippen molar-refractivity contribution >= 4 is 11.9 Å². The number of rotatable bonds is 2. The lowest BCUT2D eigenvalue weighted by Gasteiger charge is -1.89. The summed E-state index contributed by atoms with van der Waals surface area (Å²) in [7, 11) is 0. The Morgan fingerprint density at radius 3 is 3.10 bits per heavy atom. The highest BCUT2D eigenvalue weighted by Crippen LogP contribution is 2.04. The summed E-state index contributed by atoms with van der Waals surface area (Å²) < 4.78 is 0. The SMILES string of the molecule is C/C(=C\C=O)c1ncc[nH]1. The average molecular weight is 136 g/mol. The van der Waals surface area contributed by atoms with Gasteiger partial charge < -0.3 is 4.98 Å². The smallest absolute Gasteiger partial charge is 0.143 e. The van der Waals surface area contributed by atoms with Crippen LogP contribution in [0.25, 0.3) is 5.57 Å². The van der Waals surface area contributed by atoms with Gasteiger partial charge in [-0.2, -0.15) is 0 Å². The van der Waals surface area contributed by atoms with Gasteiger partial charge in [0, 0.05) is 12.4 Å². The van der Waals surface area contributed by atoms with E-state index >= 15 is 0 Å². The van der Waals surface area contributed by atoms with Gasteiger partial charge in [-0.1, -0.05) is 0 Å². The van der Waals surface area contributed by atoms with E-state index in [2.05, 4.69) is 9.97 Å². The van der Waals surface area contributed by atoms with Gasteiger partial charge >= 0.3 is 0 Å². The number of nitrogens with one attached hydrogen (secondary N) is 1. The Morgan fingerprint density at radius 2 is 2.60 bits per heavy atom. The van der Waals surface area contributed by atoms with Crippen LogP contribution in [0.2, 0.25) is 0 Å². The van der Waals surface area contributed by atoms with Crippen LogP contribution in [0.4, 0.5) is 0 Å². The minimum absolute atomic E-state index is 0.743. The molecule has 0 unspecified atom stereocenters. The van der Waals surface area contributed by atoms with E-state index in [-0.39, 0.29) is 0 Å². The summed E-state index contributed by atoms with van der Waals surface area (Å²) in [6.45, 7) is 1.83. The Bertz CT molecular complexity index is 236. The monoisotopic (exact) mass is 136 g/mol. The van der Waals surface area contributed by atoms with Gasteiger partial charge in [-0.05, 0) is 18.6 Å². The first-order valence-corrected chi connectivity index (χ1v) is 2.96. The molecule has 0 aromatic carbocycles. The molecule has 0 bridgehead atoms. The number of nitrogens with zero attached hydrogens (tertiary/aromatic N) is 1. The molecule has 1 aromatic heterocycles. The standard InChI is InChI=1S/C7H8N2O/c1-6(2-5-10)7-8-3-4-9-7/h2-5H,1H3,(H,8,9)/b6-2+. The van der Waals surface area contributed by atoms with Crippen molar-refractivity contribution in [3.05, 3.63) is 24.3 Å². The van der Waals surface area contributed by atoms with E-state index in [1.165, 1.54) is 6.08 Å². The number of carbonyl (C=O) groups excluding carboxylic acids is 1. The lowest BCUT2D eigenvalue weighted by Crippen LogP contribution is -1.81. The number of imidazole rings is 1. The zero-order chi connectivity index (χ0) is 7.40. The van der Waals surface area contributed by atoms with E-state index in [0.29, 0.717) is 0 Å². The number of aromatic amines is 1. The summed E-state index contributed by atoms with van der Waals surface area (Å²) in [6.07, 6.45) is 5.59. The molecule has 1 rings (SSSR count). The van der Waals surface area contributed by atoms with E-state index in [0.717, 1.165) is 17.7 Å². The van der Waals surface area contributed by atoms with Crippen LogP contribution >= 0.6 is 0 Å². The molecule has 10 heavy (non-hydrogen) atoms. The van der Waals surface area contributed by atoms with Crippen molar-refractivity contribution in [2.45, 2.75) is 6.92 Å². The highest BCUT2D eigenvalue weighted by molar-refractivity contribution is 5.78. The number of hydrogen-bond acceptors (Lipinski definition) is 2. The van der Waals surface area contributed by atoms with Crippen LogP contribution in [0, 0.1) is 0 Å². The molecule has 0 amide bonds. The second-order valence-electron chi connectivity index (χ2n) is 1.92. The van der Waals surface area contributed by atoms with Crippen LogP contribution < -0.4 is 0 Å². The number of carbonyl (C=O) groups is 1. The molecule has 0 atom stereocenters. The van der Waals surface area contributed by atoms with Crippen molar-refractivity contribution in [3.63, 3.8) is 0 Å². The molecule has 0 aliphatic carbocycles. The Kier molecular flexibility index (Phi) is 1.99. The van der Waals surface area contributed by atoms with E-state index in [9.17, 15) is 4.79 Å². The molecule has 3 heteroatoms. The lowest BCUT2D eigenvalue weighted by atomic mass is 10.3. The van der Waals surface area contributed by atoms with Crippen molar-refractivity contribution in [2.75, 3.05) is 0 Å². The third-order valence-electron chi connectivity index (χ3n) is 1.19. The van der Waals surface area contributed by atoms with Crippen LogP contribution in [0.3, 0.4) is 0 Å². The molecule has 0 spiro atoms. The van der Waals surface area contributed by atoms with Gasteiger partial charge in [0.1, 0.15) is 12.1 Å². The first kappa shape index (κ1) is 6.74. The highest BCUT2D eigenvalue weighted by Gasteiger charge is 1.93. The fourth-order valence-corrected chi connectivity index (χ4v) is 0.662. The van der Waals surface area contributed by atoms with E-state index in [1.54, 1.807) is 12.4 Å². The Labute approximate surface area is 58.8 Å². The molecule has 3 nitrogen and oxygen atoms in total. The number of hydrogen-bond donors (Lipinski definition) is 1. The predicted molar refractivity (Wildman–Crippen MR) is 38.3 cm³/mol. The molecule has 0 saturated carbocycles. The van der Waals surface area contributed by atoms with Crippen molar-refractivity contribution in [2.24, 2.45) is 0 Å². The van der Waals surface area contributed by atoms with Crippen LogP contribution in [-0.4, -0.2) is 16.3 Å². The molecule has 0 radical (unpaired) electrons. The van der Waals surface area contributed by atoms with Gasteiger partial charge in [-0.15, -0.1) is 0 Å². The summed E-state index contributed by atoms with van der Waals surface area (Å²) in [4.78, 5) is 16.8. The van der Waals surface area contributed by atoms with Crippen LogP contribution in [0.15, 0.2) is 18.5 Å². The summed E-state index contributed by atoms with van der Waals surface area (Å²) in [5, 5.41) is 0. The van der Waals surface area contributed by atoms with E-state index in [4.69, 9.17) is 0 Å². The number of aldehydes is 1. The first-order chi connectivity index (χ1) is 4.84. The highest BCUT2D eigenvalue weighted by atomic mass is 16.1. The fourth-order valence-electron chi connectivity index (χ4n) is 0.662. The van der Waals surface area contributed by atoms with Gasteiger partial charge in [0.05, 0.1) is 0 Å². The van der Waals surface area contributed by atoms with Crippen LogP contribution in [-0.2, 0) is 4.79 Å². The zero-order valence-corrected chi connectivity index (χ0v) is 5.66. The molecule has 0 aliphatic rings. The number of aromatic nitrogens is 2. The zero-order valence-electron chi connectivity index (χ0n) is 5.66. The maximum absolute atomic E-state index is 9.99. The molecule has 0 saturated heterocycles. The summed E-state index contributed by atoms with van der Waals surface area (Å²) in [5.41, 5.74) is 0.847. The Hall–Kier alpha value is -1.38. The third-order valence-corrected chi connectivity index (χ3v) is 1.19. The lowest BCUT2D eigenvalue weighted by molar-refractivity contribution is -0.104. The Balaban J connectivity index is 2.86. The largest absolute Gasteiger partial charge is 0.345 e. The predicted octanol–water partition coefficient (Wildman–Crippen LogP) is 1.01. The van der Waals surface area contributed by atoms with Crippen molar-refractivity contribution in [3.8, 4) is 0 Å². The molecule has 0 aliphatic heterocycles. The second-order valence-corrected chi connectivity index (χ2v) is 1.92.